The standard InChI is InChI=1S/C8H7Br2N5O/c1-14-3-5(12-13-14)4-15-8(16)7(10)6(9)2-11-15/h2-3H,4H2,1H3. The van der Waals surface area contributed by atoms with E-state index in [1.54, 1.807) is 24.1 Å². The molecule has 6 nitrogen and oxygen atoms in total. The molecule has 0 aliphatic carbocycles. The molecule has 0 aliphatic heterocycles. The molecule has 2 aromatic rings. The molecular weight excluding hydrogens is 342 g/mol. The summed E-state index contributed by atoms with van der Waals surface area (Å²) >= 11 is 6.40. The van der Waals surface area contributed by atoms with Crippen molar-refractivity contribution in [3.63, 3.8) is 0 Å². The van der Waals surface area contributed by atoms with Gasteiger partial charge < -0.3 is 0 Å². The summed E-state index contributed by atoms with van der Waals surface area (Å²) in [4.78, 5) is 11.8. The Hall–Kier alpha value is -1.02. The molecule has 0 saturated heterocycles. The summed E-state index contributed by atoms with van der Waals surface area (Å²) in [6.45, 7) is 0.304. The summed E-state index contributed by atoms with van der Waals surface area (Å²) in [5, 5.41) is 11.7. The van der Waals surface area contributed by atoms with Crippen molar-refractivity contribution in [3.8, 4) is 0 Å². The molecule has 16 heavy (non-hydrogen) atoms. The molecule has 0 spiro atoms. The van der Waals surface area contributed by atoms with Gasteiger partial charge in [-0.2, -0.15) is 5.10 Å². The molecule has 0 bridgehead atoms. The van der Waals surface area contributed by atoms with Gasteiger partial charge in [0.1, 0.15) is 10.2 Å². The Kier molecular flexibility index (Phi) is 3.20. The topological polar surface area (TPSA) is 65.6 Å². The molecule has 2 rings (SSSR count). The monoisotopic (exact) mass is 347 g/mol. The molecule has 0 aromatic carbocycles. The molecule has 84 valence electrons. The average molecular weight is 349 g/mol. The van der Waals surface area contributed by atoms with E-state index in [1.807, 2.05) is 0 Å². The van der Waals surface area contributed by atoms with Gasteiger partial charge in [0.05, 0.1) is 23.4 Å². The van der Waals surface area contributed by atoms with Gasteiger partial charge in [-0.25, -0.2) is 4.68 Å². The predicted molar refractivity (Wildman–Crippen MR) is 64.0 cm³/mol. The number of rotatable bonds is 2. The van der Waals surface area contributed by atoms with Gasteiger partial charge in [-0.3, -0.25) is 9.48 Å². The van der Waals surface area contributed by atoms with E-state index >= 15 is 0 Å². The lowest BCUT2D eigenvalue weighted by atomic mass is 10.4. The van der Waals surface area contributed by atoms with Crippen molar-refractivity contribution < 1.29 is 0 Å². The molecule has 2 heterocycles. The van der Waals surface area contributed by atoms with Crippen LogP contribution < -0.4 is 5.56 Å². The van der Waals surface area contributed by atoms with E-state index in [-0.39, 0.29) is 5.56 Å². The summed E-state index contributed by atoms with van der Waals surface area (Å²) in [6, 6.07) is 0. The SMILES string of the molecule is Cn1cc(Cn2ncc(Br)c(Br)c2=O)nn1. The number of halogens is 2. The minimum Gasteiger partial charge on any atom is -0.266 e. The second-order valence-corrected chi connectivity index (χ2v) is 4.80. The van der Waals surface area contributed by atoms with Crippen molar-refractivity contribution >= 4 is 31.9 Å². The number of aromatic nitrogens is 5. The van der Waals surface area contributed by atoms with Crippen LogP contribution in [0.4, 0.5) is 0 Å². The van der Waals surface area contributed by atoms with Gasteiger partial charge in [0, 0.05) is 7.05 Å². The van der Waals surface area contributed by atoms with Crippen LogP contribution in [-0.2, 0) is 13.6 Å². The van der Waals surface area contributed by atoms with E-state index < -0.39 is 0 Å². The fourth-order valence-corrected chi connectivity index (χ4v) is 1.75. The molecule has 0 amide bonds. The van der Waals surface area contributed by atoms with Crippen LogP contribution in [0, 0.1) is 0 Å². The third kappa shape index (κ3) is 2.22. The van der Waals surface area contributed by atoms with Gasteiger partial charge in [-0.15, -0.1) is 5.10 Å². The molecule has 0 aliphatic rings. The molecule has 0 atom stereocenters. The van der Waals surface area contributed by atoms with Gasteiger partial charge >= 0.3 is 0 Å². The zero-order chi connectivity index (χ0) is 11.7. The van der Waals surface area contributed by atoms with Crippen LogP contribution in [0.15, 0.2) is 26.1 Å². The van der Waals surface area contributed by atoms with Gasteiger partial charge in [0.15, 0.2) is 0 Å². The van der Waals surface area contributed by atoms with E-state index in [4.69, 9.17) is 0 Å². The summed E-state index contributed by atoms with van der Waals surface area (Å²) < 4.78 is 3.98. The average Bonchev–Trinajstić information content (AvgIpc) is 2.65. The first-order valence-electron chi connectivity index (χ1n) is 4.34. The molecule has 0 unspecified atom stereocenters. The van der Waals surface area contributed by atoms with Crippen molar-refractivity contribution in [3.05, 3.63) is 37.4 Å². The Morgan fingerprint density at radius 1 is 1.44 bits per heavy atom. The normalized spacial score (nSPS) is 10.7. The van der Waals surface area contributed by atoms with Crippen LogP contribution in [0.25, 0.3) is 0 Å². The molecular formula is C8H7Br2N5O. The molecule has 0 radical (unpaired) electrons. The maximum Gasteiger partial charge on any atom is 0.282 e. The van der Waals surface area contributed by atoms with Crippen molar-refractivity contribution in [1.82, 2.24) is 24.8 Å². The first-order chi connectivity index (χ1) is 7.58. The van der Waals surface area contributed by atoms with Gasteiger partial charge in [-0.1, -0.05) is 5.21 Å². The maximum atomic E-state index is 11.8. The zero-order valence-corrected chi connectivity index (χ0v) is 11.4. The van der Waals surface area contributed by atoms with E-state index in [9.17, 15) is 4.79 Å². The minimum atomic E-state index is -0.208. The Morgan fingerprint density at radius 2 is 2.19 bits per heavy atom. The van der Waals surface area contributed by atoms with E-state index in [1.165, 1.54) is 4.68 Å². The predicted octanol–water partition coefficient (Wildman–Crippen LogP) is 0.945. The first-order valence-corrected chi connectivity index (χ1v) is 5.93. The number of hydrogen-bond acceptors (Lipinski definition) is 4. The van der Waals surface area contributed by atoms with Gasteiger partial charge in [-0.05, 0) is 31.9 Å². The third-order valence-electron chi connectivity index (χ3n) is 1.90. The van der Waals surface area contributed by atoms with Crippen molar-refractivity contribution in [2.45, 2.75) is 6.54 Å². The van der Waals surface area contributed by atoms with Crippen molar-refractivity contribution in [2.75, 3.05) is 0 Å². The Balaban J connectivity index is 2.36. The minimum absolute atomic E-state index is 0.208. The van der Waals surface area contributed by atoms with Crippen LogP contribution in [0.3, 0.4) is 0 Å². The first kappa shape index (κ1) is 11.5. The van der Waals surface area contributed by atoms with E-state index in [0.29, 0.717) is 21.2 Å². The molecule has 8 heteroatoms. The fourth-order valence-electron chi connectivity index (χ4n) is 1.18. The summed E-state index contributed by atoms with van der Waals surface area (Å²) in [6.07, 6.45) is 3.30. The van der Waals surface area contributed by atoms with Gasteiger partial charge in [0.2, 0.25) is 0 Å². The highest BCUT2D eigenvalue weighted by Crippen LogP contribution is 2.16. The molecule has 0 N–H and O–H groups in total. The van der Waals surface area contributed by atoms with Crippen LogP contribution in [0.5, 0.6) is 0 Å². The Labute approximate surface area is 108 Å². The van der Waals surface area contributed by atoms with Crippen molar-refractivity contribution in [2.24, 2.45) is 7.05 Å². The lowest BCUT2D eigenvalue weighted by molar-refractivity contribution is 0.620. The summed E-state index contributed by atoms with van der Waals surface area (Å²) in [5.74, 6) is 0. The lowest BCUT2D eigenvalue weighted by Crippen LogP contribution is -2.24. The van der Waals surface area contributed by atoms with Crippen molar-refractivity contribution in [1.29, 1.82) is 0 Å². The number of hydrogen-bond donors (Lipinski definition) is 0. The number of nitrogens with zero attached hydrogens (tertiary/aromatic N) is 5. The van der Waals surface area contributed by atoms with Crippen LogP contribution >= 0.6 is 31.9 Å². The second-order valence-electron chi connectivity index (χ2n) is 3.15. The fraction of sp³-hybridized carbons (Fsp3) is 0.250. The molecule has 2 aromatic heterocycles. The number of aryl methyl sites for hydroxylation is 1. The lowest BCUT2D eigenvalue weighted by Gasteiger charge is -2.02. The molecule has 0 saturated carbocycles. The Bertz CT molecular complexity index is 576. The largest absolute Gasteiger partial charge is 0.282 e. The smallest absolute Gasteiger partial charge is 0.266 e. The highest BCUT2D eigenvalue weighted by molar-refractivity contribution is 9.13. The quantitative estimate of drug-likeness (QED) is 0.810. The zero-order valence-electron chi connectivity index (χ0n) is 8.26. The van der Waals surface area contributed by atoms with Crippen LogP contribution in [0.2, 0.25) is 0 Å². The highest BCUT2D eigenvalue weighted by atomic mass is 79.9. The Morgan fingerprint density at radius 3 is 2.81 bits per heavy atom. The van der Waals surface area contributed by atoms with E-state index in [2.05, 4.69) is 47.3 Å². The third-order valence-corrected chi connectivity index (χ3v) is 3.80. The van der Waals surface area contributed by atoms with Crippen LogP contribution in [0.1, 0.15) is 5.69 Å². The second kappa shape index (κ2) is 4.46. The maximum absolute atomic E-state index is 11.8. The van der Waals surface area contributed by atoms with E-state index in [0.717, 1.165) is 0 Å². The summed E-state index contributed by atoms with van der Waals surface area (Å²) in [5.41, 5.74) is 0.478. The molecule has 0 fully saturated rings. The van der Waals surface area contributed by atoms with Gasteiger partial charge in [0.25, 0.3) is 5.56 Å². The highest BCUT2D eigenvalue weighted by Gasteiger charge is 2.08. The van der Waals surface area contributed by atoms with Crippen LogP contribution in [-0.4, -0.2) is 24.8 Å². The summed E-state index contributed by atoms with van der Waals surface area (Å²) in [7, 11) is 1.77.